The van der Waals surface area contributed by atoms with Gasteiger partial charge in [0, 0.05) is 26.4 Å². The van der Waals surface area contributed by atoms with Crippen LogP contribution >= 0.6 is 0 Å². The van der Waals surface area contributed by atoms with Gasteiger partial charge in [-0.15, -0.1) is 0 Å². The van der Waals surface area contributed by atoms with E-state index in [1.54, 1.807) is 7.05 Å². The maximum atomic E-state index is 13.6. The number of nitrogens with zero attached hydrogens (tertiary/aromatic N) is 1. The molecule has 0 atom stereocenters. The van der Waals surface area contributed by atoms with Gasteiger partial charge in [-0.25, -0.2) is 12.8 Å². The summed E-state index contributed by atoms with van der Waals surface area (Å²) in [6.07, 6.45) is 2.10. The predicted molar refractivity (Wildman–Crippen MR) is 114 cm³/mol. The Morgan fingerprint density at radius 2 is 1.86 bits per heavy atom. The summed E-state index contributed by atoms with van der Waals surface area (Å²) in [5, 5.41) is 6.30. The van der Waals surface area contributed by atoms with Crippen molar-refractivity contribution in [3.8, 4) is 5.75 Å². The number of ether oxygens (including phenoxy) is 1. The standard InChI is InChI=1S/C21H28FN3O3S/c1-4-10-28-20-7-5-6-16(11-20)13-24-21(23-2)25-14-18-12-19(22)9-8-17(18)15-29(3,26)27/h5-9,11-12H,4,10,13-15H2,1-3H3,(H2,23,24,25). The summed E-state index contributed by atoms with van der Waals surface area (Å²) in [6, 6.07) is 11.9. The van der Waals surface area contributed by atoms with Crippen LogP contribution in [0.15, 0.2) is 47.5 Å². The van der Waals surface area contributed by atoms with Crippen LogP contribution in [0.3, 0.4) is 0 Å². The zero-order valence-corrected chi connectivity index (χ0v) is 17.9. The van der Waals surface area contributed by atoms with E-state index in [4.69, 9.17) is 4.74 Å². The van der Waals surface area contributed by atoms with Gasteiger partial charge in [-0.05, 0) is 47.4 Å². The fourth-order valence-electron chi connectivity index (χ4n) is 2.73. The summed E-state index contributed by atoms with van der Waals surface area (Å²) in [5.74, 6) is 0.797. The second-order valence-electron chi connectivity index (χ2n) is 6.76. The third kappa shape index (κ3) is 8.11. The van der Waals surface area contributed by atoms with Crippen molar-refractivity contribution in [3.63, 3.8) is 0 Å². The fraction of sp³-hybridized carbons (Fsp3) is 0.381. The molecule has 2 N–H and O–H groups in total. The highest BCUT2D eigenvalue weighted by Crippen LogP contribution is 2.15. The van der Waals surface area contributed by atoms with E-state index in [1.807, 2.05) is 24.3 Å². The molecule has 0 aliphatic heterocycles. The van der Waals surface area contributed by atoms with Crippen molar-refractivity contribution in [3.05, 3.63) is 65.0 Å². The molecule has 0 aromatic heterocycles. The molecule has 0 amide bonds. The van der Waals surface area contributed by atoms with Crippen molar-refractivity contribution in [2.24, 2.45) is 4.99 Å². The van der Waals surface area contributed by atoms with E-state index in [-0.39, 0.29) is 12.3 Å². The lowest BCUT2D eigenvalue weighted by atomic mass is 10.1. The van der Waals surface area contributed by atoms with E-state index in [0.29, 0.717) is 30.2 Å². The number of sulfone groups is 1. The Labute approximate surface area is 172 Å². The topological polar surface area (TPSA) is 79.8 Å². The molecule has 0 aliphatic rings. The van der Waals surface area contributed by atoms with Crippen LogP contribution in [0, 0.1) is 5.82 Å². The van der Waals surface area contributed by atoms with Crippen LogP contribution in [0.25, 0.3) is 0 Å². The van der Waals surface area contributed by atoms with Crippen LogP contribution in [0.5, 0.6) is 5.75 Å². The van der Waals surface area contributed by atoms with E-state index >= 15 is 0 Å². The molecule has 0 aliphatic carbocycles. The molecular weight excluding hydrogens is 393 g/mol. The Morgan fingerprint density at radius 1 is 1.10 bits per heavy atom. The molecule has 0 bridgehead atoms. The first-order valence-electron chi connectivity index (χ1n) is 9.42. The van der Waals surface area contributed by atoms with Gasteiger partial charge in [-0.3, -0.25) is 4.99 Å². The third-order valence-electron chi connectivity index (χ3n) is 4.09. The molecule has 29 heavy (non-hydrogen) atoms. The lowest BCUT2D eigenvalue weighted by Crippen LogP contribution is -2.36. The Morgan fingerprint density at radius 3 is 2.55 bits per heavy atom. The molecule has 2 aromatic rings. The molecule has 8 heteroatoms. The quantitative estimate of drug-likeness (QED) is 0.481. The second kappa shape index (κ2) is 10.8. The summed E-state index contributed by atoms with van der Waals surface area (Å²) in [6.45, 7) is 3.51. The summed E-state index contributed by atoms with van der Waals surface area (Å²) >= 11 is 0. The van der Waals surface area contributed by atoms with Gasteiger partial charge >= 0.3 is 0 Å². The van der Waals surface area contributed by atoms with E-state index in [2.05, 4.69) is 22.5 Å². The fourth-order valence-corrected chi connectivity index (χ4v) is 3.58. The van der Waals surface area contributed by atoms with Crippen LogP contribution in [0.1, 0.15) is 30.0 Å². The van der Waals surface area contributed by atoms with Crippen molar-refractivity contribution >= 4 is 15.8 Å². The lowest BCUT2D eigenvalue weighted by Gasteiger charge is -2.15. The van der Waals surface area contributed by atoms with Gasteiger partial charge in [-0.1, -0.05) is 25.1 Å². The molecule has 2 aromatic carbocycles. The molecule has 0 fully saturated rings. The SMILES string of the molecule is CCCOc1cccc(CNC(=NC)NCc2cc(F)ccc2CS(C)(=O)=O)c1. The Kier molecular flexibility index (Phi) is 8.45. The zero-order chi connectivity index (χ0) is 21.3. The number of hydrogen-bond acceptors (Lipinski definition) is 4. The maximum Gasteiger partial charge on any atom is 0.191 e. The predicted octanol–water partition coefficient (Wildman–Crippen LogP) is 3.02. The molecule has 2 rings (SSSR count). The highest BCUT2D eigenvalue weighted by atomic mass is 32.2. The lowest BCUT2D eigenvalue weighted by molar-refractivity contribution is 0.317. The summed E-state index contributed by atoms with van der Waals surface area (Å²) in [5.41, 5.74) is 2.18. The molecule has 0 unspecified atom stereocenters. The molecule has 0 saturated carbocycles. The maximum absolute atomic E-state index is 13.6. The second-order valence-corrected chi connectivity index (χ2v) is 8.90. The Hall–Kier alpha value is -2.61. The minimum atomic E-state index is -3.22. The largest absolute Gasteiger partial charge is 0.494 e. The number of aliphatic imine (C=N–C) groups is 1. The van der Waals surface area contributed by atoms with Gasteiger partial charge in [0.15, 0.2) is 15.8 Å². The van der Waals surface area contributed by atoms with Crippen LogP contribution in [-0.4, -0.2) is 34.3 Å². The summed E-state index contributed by atoms with van der Waals surface area (Å²) < 4.78 is 42.5. The van der Waals surface area contributed by atoms with Gasteiger partial charge in [0.05, 0.1) is 12.4 Å². The number of benzene rings is 2. The van der Waals surface area contributed by atoms with Crippen LogP contribution in [-0.2, 0) is 28.7 Å². The van der Waals surface area contributed by atoms with E-state index in [9.17, 15) is 12.8 Å². The van der Waals surface area contributed by atoms with Gasteiger partial charge < -0.3 is 15.4 Å². The summed E-state index contributed by atoms with van der Waals surface area (Å²) in [4.78, 5) is 4.17. The van der Waals surface area contributed by atoms with E-state index in [0.717, 1.165) is 24.0 Å². The molecule has 6 nitrogen and oxygen atoms in total. The highest BCUT2D eigenvalue weighted by Gasteiger charge is 2.11. The normalized spacial score (nSPS) is 11.9. The average Bonchev–Trinajstić information content (AvgIpc) is 2.67. The first kappa shape index (κ1) is 22.7. The molecule has 158 valence electrons. The molecule has 0 saturated heterocycles. The van der Waals surface area contributed by atoms with Crippen molar-refractivity contribution in [2.45, 2.75) is 32.2 Å². The number of rotatable bonds is 9. The van der Waals surface area contributed by atoms with E-state index in [1.165, 1.54) is 18.2 Å². The molecule has 0 heterocycles. The van der Waals surface area contributed by atoms with Gasteiger partial charge in [0.2, 0.25) is 0 Å². The third-order valence-corrected chi connectivity index (χ3v) is 4.92. The monoisotopic (exact) mass is 421 g/mol. The summed E-state index contributed by atoms with van der Waals surface area (Å²) in [7, 11) is -1.58. The highest BCUT2D eigenvalue weighted by molar-refractivity contribution is 7.89. The van der Waals surface area contributed by atoms with E-state index < -0.39 is 15.7 Å². The minimum Gasteiger partial charge on any atom is -0.494 e. The first-order valence-corrected chi connectivity index (χ1v) is 11.5. The Balaban J connectivity index is 1.99. The van der Waals surface area contributed by atoms with Gasteiger partial charge in [0.25, 0.3) is 0 Å². The van der Waals surface area contributed by atoms with Crippen molar-refractivity contribution < 1.29 is 17.5 Å². The van der Waals surface area contributed by atoms with Crippen molar-refractivity contribution in [1.29, 1.82) is 0 Å². The molecule has 0 spiro atoms. The smallest absolute Gasteiger partial charge is 0.191 e. The van der Waals surface area contributed by atoms with Crippen molar-refractivity contribution in [2.75, 3.05) is 19.9 Å². The number of nitrogens with one attached hydrogen (secondary N) is 2. The van der Waals surface area contributed by atoms with Crippen LogP contribution < -0.4 is 15.4 Å². The van der Waals surface area contributed by atoms with Crippen LogP contribution in [0.2, 0.25) is 0 Å². The minimum absolute atomic E-state index is 0.138. The van der Waals surface area contributed by atoms with Crippen molar-refractivity contribution in [1.82, 2.24) is 10.6 Å². The zero-order valence-electron chi connectivity index (χ0n) is 17.0. The first-order chi connectivity index (χ1) is 13.8. The molecule has 0 radical (unpaired) electrons. The molecular formula is C21H28FN3O3S. The Bertz CT molecular complexity index is 946. The number of guanidine groups is 1. The number of halogens is 1. The van der Waals surface area contributed by atoms with Gasteiger partial charge in [0.1, 0.15) is 11.6 Å². The average molecular weight is 422 g/mol. The number of hydrogen-bond donors (Lipinski definition) is 2. The van der Waals surface area contributed by atoms with Crippen LogP contribution in [0.4, 0.5) is 4.39 Å². The van der Waals surface area contributed by atoms with Gasteiger partial charge in [-0.2, -0.15) is 0 Å².